The molecule has 1 fully saturated rings. The SMILES string of the molecule is CCN1CCCN(CCCC(C)O)CC1. The van der Waals surface area contributed by atoms with E-state index in [2.05, 4.69) is 16.7 Å². The third-order valence-electron chi connectivity index (χ3n) is 3.22. The minimum absolute atomic E-state index is 0.135. The first-order valence-electron chi connectivity index (χ1n) is 6.35. The maximum absolute atomic E-state index is 9.19. The molecule has 0 aromatic heterocycles. The van der Waals surface area contributed by atoms with Crippen LogP contribution in [0.2, 0.25) is 0 Å². The molecule has 90 valence electrons. The lowest BCUT2D eigenvalue weighted by atomic mass is 10.2. The fourth-order valence-corrected chi connectivity index (χ4v) is 2.17. The minimum atomic E-state index is -0.135. The molecule has 15 heavy (non-hydrogen) atoms. The number of nitrogens with zero attached hydrogens (tertiary/aromatic N) is 2. The Morgan fingerprint density at radius 1 is 1.13 bits per heavy atom. The van der Waals surface area contributed by atoms with Gasteiger partial charge in [-0.25, -0.2) is 0 Å². The van der Waals surface area contributed by atoms with E-state index in [1.807, 2.05) is 6.92 Å². The molecule has 0 aromatic carbocycles. The highest BCUT2D eigenvalue weighted by atomic mass is 16.3. The molecule has 0 bridgehead atoms. The van der Waals surface area contributed by atoms with Gasteiger partial charge in [0.05, 0.1) is 6.10 Å². The molecular formula is C12H26N2O. The van der Waals surface area contributed by atoms with Crippen LogP contribution in [-0.4, -0.2) is 60.3 Å². The summed E-state index contributed by atoms with van der Waals surface area (Å²) in [7, 11) is 0. The molecule has 3 heteroatoms. The first kappa shape index (κ1) is 12.9. The molecule has 0 saturated carbocycles. The molecule has 1 unspecified atom stereocenters. The summed E-state index contributed by atoms with van der Waals surface area (Å²) in [6.07, 6.45) is 3.23. The Hall–Kier alpha value is -0.120. The Balaban J connectivity index is 2.14. The summed E-state index contributed by atoms with van der Waals surface area (Å²) >= 11 is 0. The van der Waals surface area contributed by atoms with Crippen LogP contribution >= 0.6 is 0 Å². The van der Waals surface area contributed by atoms with Crippen molar-refractivity contribution in [2.45, 2.75) is 39.2 Å². The van der Waals surface area contributed by atoms with Crippen LogP contribution in [0.3, 0.4) is 0 Å². The lowest BCUT2D eigenvalue weighted by Crippen LogP contribution is -2.31. The molecule has 0 radical (unpaired) electrons. The molecule has 1 N–H and O–H groups in total. The van der Waals surface area contributed by atoms with E-state index >= 15 is 0 Å². The van der Waals surface area contributed by atoms with Gasteiger partial charge >= 0.3 is 0 Å². The van der Waals surface area contributed by atoms with Crippen molar-refractivity contribution in [1.29, 1.82) is 0 Å². The van der Waals surface area contributed by atoms with Crippen LogP contribution in [-0.2, 0) is 0 Å². The van der Waals surface area contributed by atoms with Gasteiger partial charge in [0.15, 0.2) is 0 Å². The smallest absolute Gasteiger partial charge is 0.0512 e. The Morgan fingerprint density at radius 2 is 1.80 bits per heavy atom. The third-order valence-corrected chi connectivity index (χ3v) is 3.22. The van der Waals surface area contributed by atoms with Crippen molar-refractivity contribution in [3.8, 4) is 0 Å². The van der Waals surface area contributed by atoms with Crippen LogP contribution in [0.1, 0.15) is 33.1 Å². The second-order valence-corrected chi connectivity index (χ2v) is 4.62. The van der Waals surface area contributed by atoms with Gasteiger partial charge in [-0.2, -0.15) is 0 Å². The summed E-state index contributed by atoms with van der Waals surface area (Å²) in [5.41, 5.74) is 0. The Morgan fingerprint density at radius 3 is 2.47 bits per heavy atom. The predicted molar refractivity (Wildman–Crippen MR) is 64.1 cm³/mol. The molecule has 1 rings (SSSR count). The molecule has 1 aliphatic rings. The van der Waals surface area contributed by atoms with Gasteiger partial charge < -0.3 is 14.9 Å². The van der Waals surface area contributed by atoms with Crippen molar-refractivity contribution in [2.75, 3.05) is 39.3 Å². The molecule has 1 heterocycles. The van der Waals surface area contributed by atoms with Crippen LogP contribution in [0.4, 0.5) is 0 Å². The van der Waals surface area contributed by atoms with Crippen molar-refractivity contribution < 1.29 is 5.11 Å². The average Bonchev–Trinajstić information content (AvgIpc) is 2.42. The highest BCUT2D eigenvalue weighted by Gasteiger charge is 2.12. The molecular weight excluding hydrogens is 188 g/mol. The summed E-state index contributed by atoms with van der Waals surface area (Å²) < 4.78 is 0. The molecule has 3 nitrogen and oxygen atoms in total. The molecule has 0 aromatic rings. The zero-order valence-corrected chi connectivity index (χ0v) is 10.3. The monoisotopic (exact) mass is 214 g/mol. The predicted octanol–water partition coefficient (Wildman–Crippen LogP) is 1.18. The molecule has 1 saturated heterocycles. The van der Waals surface area contributed by atoms with Gasteiger partial charge in [0.2, 0.25) is 0 Å². The zero-order valence-electron chi connectivity index (χ0n) is 10.3. The topological polar surface area (TPSA) is 26.7 Å². The highest BCUT2D eigenvalue weighted by molar-refractivity contribution is 4.68. The van der Waals surface area contributed by atoms with Gasteiger partial charge in [-0.1, -0.05) is 6.92 Å². The van der Waals surface area contributed by atoms with E-state index in [1.54, 1.807) is 0 Å². The summed E-state index contributed by atoms with van der Waals surface area (Å²) in [5.74, 6) is 0. The number of hydrogen-bond acceptors (Lipinski definition) is 3. The number of hydrogen-bond donors (Lipinski definition) is 1. The quantitative estimate of drug-likeness (QED) is 0.744. The lowest BCUT2D eigenvalue weighted by molar-refractivity contribution is 0.171. The molecule has 0 aliphatic carbocycles. The fraction of sp³-hybridized carbons (Fsp3) is 1.00. The van der Waals surface area contributed by atoms with E-state index in [9.17, 15) is 5.11 Å². The van der Waals surface area contributed by atoms with Gasteiger partial charge in [-0.05, 0) is 52.4 Å². The second-order valence-electron chi connectivity index (χ2n) is 4.62. The first-order chi connectivity index (χ1) is 7.22. The van der Waals surface area contributed by atoms with E-state index in [-0.39, 0.29) is 6.10 Å². The molecule has 1 atom stereocenters. The standard InChI is InChI=1S/C12H26N2O/c1-3-13-8-5-9-14(11-10-13)7-4-6-12(2)15/h12,15H,3-11H2,1-2H3. The van der Waals surface area contributed by atoms with E-state index in [4.69, 9.17) is 0 Å². The maximum atomic E-state index is 9.19. The highest BCUT2D eigenvalue weighted by Crippen LogP contribution is 2.05. The summed E-state index contributed by atoms with van der Waals surface area (Å²) in [4.78, 5) is 5.06. The van der Waals surface area contributed by atoms with Gasteiger partial charge in [-0.15, -0.1) is 0 Å². The zero-order chi connectivity index (χ0) is 11.1. The first-order valence-corrected chi connectivity index (χ1v) is 6.35. The van der Waals surface area contributed by atoms with Gasteiger partial charge in [-0.3, -0.25) is 0 Å². The van der Waals surface area contributed by atoms with Crippen LogP contribution in [0, 0.1) is 0 Å². The Bertz CT molecular complexity index is 162. The number of aliphatic hydroxyl groups is 1. The van der Waals surface area contributed by atoms with Crippen LogP contribution < -0.4 is 0 Å². The summed E-state index contributed by atoms with van der Waals surface area (Å²) in [5, 5.41) is 9.19. The van der Waals surface area contributed by atoms with Crippen LogP contribution in [0.25, 0.3) is 0 Å². The maximum Gasteiger partial charge on any atom is 0.0512 e. The van der Waals surface area contributed by atoms with Crippen molar-refractivity contribution in [3.05, 3.63) is 0 Å². The van der Waals surface area contributed by atoms with Gasteiger partial charge in [0.1, 0.15) is 0 Å². The summed E-state index contributed by atoms with van der Waals surface area (Å²) in [6.45, 7) is 11.4. The second kappa shape index (κ2) is 7.20. The van der Waals surface area contributed by atoms with Gasteiger partial charge in [0.25, 0.3) is 0 Å². The largest absolute Gasteiger partial charge is 0.393 e. The van der Waals surface area contributed by atoms with E-state index in [0.29, 0.717) is 0 Å². The Kier molecular flexibility index (Phi) is 6.22. The van der Waals surface area contributed by atoms with Crippen molar-refractivity contribution in [3.63, 3.8) is 0 Å². The van der Waals surface area contributed by atoms with E-state index < -0.39 is 0 Å². The van der Waals surface area contributed by atoms with E-state index in [1.165, 1.54) is 39.1 Å². The minimum Gasteiger partial charge on any atom is -0.393 e. The Labute approximate surface area is 94.1 Å². The van der Waals surface area contributed by atoms with Crippen LogP contribution in [0.5, 0.6) is 0 Å². The average molecular weight is 214 g/mol. The number of aliphatic hydroxyl groups excluding tert-OH is 1. The van der Waals surface area contributed by atoms with Crippen molar-refractivity contribution in [1.82, 2.24) is 9.80 Å². The summed E-state index contributed by atoms with van der Waals surface area (Å²) in [6, 6.07) is 0. The molecule has 0 spiro atoms. The number of likely N-dealkylation sites (N-methyl/N-ethyl adjacent to an activating group) is 1. The fourth-order valence-electron chi connectivity index (χ4n) is 2.17. The van der Waals surface area contributed by atoms with Gasteiger partial charge in [0, 0.05) is 13.1 Å². The third kappa shape index (κ3) is 5.50. The van der Waals surface area contributed by atoms with Crippen molar-refractivity contribution >= 4 is 0 Å². The molecule has 1 aliphatic heterocycles. The number of rotatable bonds is 5. The van der Waals surface area contributed by atoms with Crippen molar-refractivity contribution in [2.24, 2.45) is 0 Å². The normalized spacial score (nSPS) is 22.6. The molecule has 0 amide bonds. The lowest BCUT2D eigenvalue weighted by Gasteiger charge is -2.20. The van der Waals surface area contributed by atoms with Crippen LogP contribution in [0.15, 0.2) is 0 Å². The van der Waals surface area contributed by atoms with E-state index in [0.717, 1.165) is 19.4 Å².